The third kappa shape index (κ3) is 2.75. The van der Waals surface area contributed by atoms with Gasteiger partial charge in [0.2, 0.25) is 11.8 Å². The number of carbonyl (C=O) groups is 2. The fourth-order valence-corrected chi connectivity index (χ4v) is 3.40. The van der Waals surface area contributed by atoms with Crippen molar-refractivity contribution in [2.24, 2.45) is 5.41 Å². The van der Waals surface area contributed by atoms with Crippen molar-refractivity contribution >= 4 is 29.1 Å². The summed E-state index contributed by atoms with van der Waals surface area (Å²) in [5.41, 5.74) is -1.72. The van der Waals surface area contributed by atoms with Crippen molar-refractivity contribution in [2.45, 2.75) is 25.4 Å². The summed E-state index contributed by atoms with van der Waals surface area (Å²) in [6.07, 6.45) is -4.59. The van der Waals surface area contributed by atoms with Gasteiger partial charge in [-0.15, -0.1) is 0 Å². The highest BCUT2D eigenvalue weighted by Gasteiger charge is 2.64. The van der Waals surface area contributed by atoms with Crippen LogP contribution in [0.2, 0.25) is 5.02 Å². The van der Waals surface area contributed by atoms with E-state index in [0.717, 1.165) is 4.90 Å². The second-order valence-electron chi connectivity index (χ2n) is 6.19. The molecule has 1 aromatic rings. The van der Waals surface area contributed by atoms with E-state index < -0.39 is 23.4 Å². The van der Waals surface area contributed by atoms with E-state index in [9.17, 15) is 22.8 Å². The number of anilines is 1. The minimum atomic E-state index is -4.57. The molecule has 24 heavy (non-hydrogen) atoms. The molecule has 1 heterocycles. The molecule has 0 spiro atoms. The number of carbonyl (C=O) groups excluding carboxylic acids is 2. The van der Waals surface area contributed by atoms with E-state index in [-0.39, 0.29) is 32.5 Å². The molecule has 1 saturated carbocycles. The molecule has 0 aromatic heterocycles. The van der Waals surface area contributed by atoms with E-state index in [1.54, 1.807) is 24.3 Å². The Hall–Kier alpha value is -1.76. The lowest BCUT2D eigenvalue weighted by atomic mass is 9.67. The number of piperazine rings is 1. The van der Waals surface area contributed by atoms with Gasteiger partial charge in [0.1, 0.15) is 12.0 Å². The highest BCUT2D eigenvalue weighted by atomic mass is 35.5. The standard InChI is InChI=1S/C16H16ClF3N2O2/c17-11-3-1-4-12(9-11)22-8-7-21(10-13(22)23)14(24)15(5-2-6-15)16(18,19)20/h1,3-4,9H,2,5-8,10H2. The highest BCUT2D eigenvalue weighted by molar-refractivity contribution is 6.30. The van der Waals surface area contributed by atoms with Crippen LogP contribution in [0.25, 0.3) is 0 Å². The molecular weight excluding hydrogens is 345 g/mol. The van der Waals surface area contributed by atoms with Gasteiger partial charge in [0, 0.05) is 23.8 Å². The Morgan fingerprint density at radius 1 is 1.21 bits per heavy atom. The molecule has 2 fully saturated rings. The molecule has 3 rings (SSSR count). The van der Waals surface area contributed by atoms with Crippen molar-refractivity contribution in [2.75, 3.05) is 24.5 Å². The Morgan fingerprint density at radius 3 is 2.42 bits per heavy atom. The van der Waals surface area contributed by atoms with Crippen LogP contribution in [0, 0.1) is 5.41 Å². The first-order chi connectivity index (χ1) is 11.2. The summed E-state index contributed by atoms with van der Waals surface area (Å²) < 4.78 is 39.9. The molecule has 0 radical (unpaired) electrons. The first kappa shape index (κ1) is 17.1. The van der Waals surface area contributed by atoms with Crippen LogP contribution in [-0.4, -0.2) is 42.5 Å². The fraction of sp³-hybridized carbons (Fsp3) is 0.500. The van der Waals surface area contributed by atoms with E-state index >= 15 is 0 Å². The van der Waals surface area contributed by atoms with Crippen LogP contribution in [0.1, 0.15) is 19.3 Å². The Labute approximate surface area is 142 Å². The van der Waals surface area contributed by atoms with Crippen molar-refractivity contribution in [3.63, 3.8) is 0 Å². The van der Waals surface area contributed by atoms with E-state index in [1.807, 2.05) is 0 Å². The highest BCUT2D eigenvalue weighted by Crippen LogP contribution is 2.54. The van der Waals surface area contributed by atoms with Crippen molar-refractivity contribution < 1.29 is 22.8 Å². The van der Waals surface area contributed by atoms with Crippen LogP contribution in [0.15, 0.2) is 24.3 Å². The lowest BCUT2D eigenvalue weighted by Crippen LogP contribution is -2.61. The van der Waals surface area contributed by atoms with Crippen LogP contribution in [-0.2, 0) is 9.59 Å². The van der Waals surface area contributed by atoms with Gasteiger partial charge in [-0.2, -0.15) is 13.2 Å². The Bertz CT molecular complexity index is 674. The van der Waals surface area contributed by atoms with Crippen LogP contribution >= 0.6 is 11.6 Å². The van der Waals surface area contributed by atoms with Crippen LogP contribution in [0.5, 0.6) is 0 Å². The zero-order valence-electron chi connectivity index (χ0n) is 12.8. The van der Waals surface area contributed by atoms with E-state index in [2.05, 4.69) is 0 Å². The molecule has 2 aliphatic rings. The summed E-state index contributed by atoms with van der Waals surface area (Å²) in [7, 11) is 0. The molecule has 0 N–H and O–H groups in total. The zero-order chi connectivity index (χ0) is 17.5. The van der Waals surface area contributed by atoms with Crippen molar-refractivity contribution in [3.05, 3.63) is 29.3 Å². The smallest absolute Gasteiger partial charge is 0.331 e. The van der Waals surface area contributed by atoms with Crippen LogP contribution in [0.3, 0.4) is 0 Å². The molecule has 4 nitrogen and oxygen atoms in total. The number of benzene rings is 1. The fourth-order valence-electron chi connectivity index (χ4n) is 3.22. The maximum Gasteiger partial charge on any atom is 0.403 e. The third-order valence-electron chi connectivity index (χ3n) is 4.79. The van der Waals surface area contributed by atoms with Crippen molar-refractivity contribution in [1.29, 1.82) is 0 Å². The molecule has 2 amide bonds. The Kier molecular flexibility index (Phi) is 4.23. The van der Waals surface area contributed by atoms with Gasteiger partial charge >= 0.3 is 6.18 Å². The van der Waals surface area contributed by atoms with Crippen molar-refractivity contribution in [3.8, 4) is 0 Å². The van der Waals surface area contributed by atoms with Gasteiger partial charge in [-0.3, -0.25) is 9.59 Å². The number of amides is 2. The van der Waals surface area contributed by atoms with Gasteiger partial charge in [0.25, 0.3) is 0 Å². The molecule has 0 unspecified atom stereocenters. The Morgan fingerprint density at radius 2 is 1.92 bits per heavy atom. The Balaban J connectivity index is 1.74. The summed E-state index contributed by atoms with van der Waals surface area (Å²) in [5.74, 6) is -1.38. The van der Waals surface area contributed by atoms with E-state index in [4.69, 9.17) is 11.6 Å². The summed E-state index contributed by atoms with van der Waals surface area (Å²) in [5, 5.41) is 0.462. The topological polar surface area (TPSA) is 40.6 Å². The second kappa shape index (κ2) is 5.95. The molecular formula is C16H16ClF3N2O2. The van der Waals surface area contributed by atoms with Gasteiger partial charge in [-0.05, 0) is 31.0 Å². The van der Waals surface area contributed by atoms with Gasteiger partial charge in [0.05, 0.1) is 0 Å². The maximum absolute atomic E-state index is 13.3. The average molecular weight is 361 g/mol. The quantitative estimate of drug-likeness (QED) is 0.812. The predicted molar refractivity (Wildman–Crippen MR) is 82.7 cm³/mol. The lowest BCUT2D eigenvalue weighted by molar-refractivity contribution is -0.248. The molecule has 8 heteroatoms. The molecule has 130 valence electrons. The third-order valence-corrected chi connectivity index (χ3v) is 5.02. The second-order valence-corrected chi connectivity index (χ2v) is 6.62. The monoisotopic (exact) mass is 360 g/mol. The van der Waals surface area contributed by atoms with Crippen LogP contribution in [0.4, 0.5) is 18.9 Å². The lowest BCUT2D eigenvalue weighted by Gasteiger charge is -2.45. The normalized spacial score (nSPS) is 20.8. The van der Waals surface area contributed by atoms with E-state index in [0.29, 0.717) is 17.1 Å². The number of rotatable bonds is 2. The number of alkyl halides is 3. The molecule has 1 saturated heterocycles. The SMILES string of the molecule is O=C1CN(C(=O)C2(C(F)(F)F)CCC2)CCN1c1cccc(Cl)c1. The maximum atomic E-state index is 13.3. The van der Waals surface area contributed by atoms with Crippen molar-refractivity contribution in [1.82, 2.24) is 4.90 Å². The van der Waals surface area contributed by atoms with Crippen LogP contribution < -0.4 is 4.90 Å². The molecule has 0 atom stereocenters. The van der Waals surface area contributed by atoms with Gasteiger partial charge < -0.3 is 9.80 Å². The van der Waals surface area contributed by atoms with Gasteiger partial charge in [-0.25, -0.2) is 0 Å². The first-order valence-corrected chi connectivity index (χ1v) is 8.04. The largest absolute Gasteiger partial charge is 0.403 e. The number of halogens is 4. The number of hydrogen-bond donors (Lipinski definition) is 0. The first-order valence-electron chi connectivity index (χ1n) is 7.67. The van der Waals surface area contributed by atoms with Gasteiger partial charge in [-0.1, -0.05) is 24.1 Å². The van der Waals surface area contributed by atoms with Gasteiger partial charge in [0.15, 0.2) is 0 Å². The summed E-state index contributed by atoms with van der Waals surface area (Å²) in [6.45, 7) is -0.114. The summed E-state index contributed by atoms with van der Waals surface area (Å²) in [4.78, 5) is 27.2. The molecule has 1 aromatic carbocycles. The predicted octanol–water partition coefficient (Wildman–Crippen LogP) is 3.25. The average Bonchev–Trinajstić information content (AvgIpc) is 2.44. The summed E-state index contributed by atoms with van der Waals surface area (Å²) >= 11 is 5.90. The molecule has 0 bridgehead atoms. The zero-order valence-corrected chi connectivity index (χ0v) is 13.5. The number of nitrogens with zero attached hydrogens (tertiary/aromatic N) is 2. The molecule has 1 aliphatic heterocycles. The summed E-state index contributed by atoms with van der Waals surface area (Å²) in [6, 6.07) is 6.67. The minimum Gasteiger partial charge on any atom is -0.331 e. The van der Waals surface area contributed by atoms with E-state index in [1.165, 1.54) is 4.90 Å². The molecule has 1 aliphatic carbocycles. The minimum absolute atomic E-state index is 0.0783. The number of hydrogen-bond acceptors (Lipinski definition) is 2.